The van der Waals surface area contributed by atoms with Gasteiger partial charge in [0.2, 0.25) is 5.91 Å². The summed E-state index contributed by atoms with van der Waals surface area (Å²) >= 11 is 1.36. The number of benzene rings is 1. The van der Waals surface area contributed by atoms with Gasteiger partial charge in [0.25, 0.3) is 0 Å². The normalized spacial score (nSPS) is 13.1. The van der Waals surface area contributed by atoms with E-state index in [1.807, 2.05) is 12.1 Å². The van der Waals surface area contributed by atoms with Crippen LogP contribution in [0.3, 0.4) is 0 Å². The fourth-order valence-corrected chi connectivity index (χ4v) is 3.53. The molecule has 1 saturated carbocycles. The minimum Gasteiger partial charge on any atom is -0.325 e. The minimum absolute atomic E-state index is 0.147. The molecule has 0 saturated heterocycles. The van der Waals surface area contributed by atoms with Crippen LogP contribution < -0.4 is 5.32 Å². The average Bonchev–Trinajstić information content (AvgIpc) is 3.46. The van der Waals surface area contributed by atoms with Gasteiger partial charge in [-0.3, -0.25) is 14.3 Å². The summed E-state index contributed by atoms with van der Waals surface area (Å²) in [5.74, 6) is 0.883. The molecule has 0 radical (unpaired) electrons. The summed E-state index contributed by atoms with van der Waals surface area (Å²) < 4.78 is 2.11. The molecule has 1 aromatic carbocycles. The highest BCUT2D eigenvalue weighted by Crippen LogP contribution is 2.40. The second-order valence-corrected chi connectivity index (χ2v) is 7.12. The van der Waals surface area contributed by atoms with Crippen LogP contribution in [0.1, 0.15) is 24.4 Å². The molecular weight excluding hydrogens is 360 g/mol. The zero-order chi connectivity index (χ0) is 18.6. The third-order valence-corrected chi connectivity index (χ3v) is 5.07. The highest BCUT2D eigenvalue weighted by molar-refractivity contribution is 7.99. The van der Waals surface area contributed by atoms with Crippen LogP contribution >= 0.6 is 11.8 Å². The van der Waals surface area contributed by atoms with Crippen LogP contribution in [0, 0.1) is 11.3 Å². The third kappa shape index (κ3) is 3.99. The van der Waals surface area contributed by atoms with E-state index >= 15 is 0 Å². The molecule has 3 aromatic rings. The molecule has 0 spiro atoms. The van der Waals surface area contributed by atoms with E-state index in [0.717, 1.165) is 29.4 Å². The van der Waals surface area contributed by atoms with Crippen molar-refractivity contribution in [1.29, 1.82) is 5.26 Å². The number of aromatic nitrogens is 4. The molecule has 8 heteroatoms. The predicted octanol–water partition coefficient (Wildman–Crippen LogP) is 3.28. The van der Waals surface area contributed by atoms with Gasteiger partial charge in [-0.1, -0.05) is 17.8 Å². The molecule has 4 rings (SSSR count). The highest BCUT2D eigenvalue weighted by atomic mass is 32.2. The Morgan fingerprint density at radius 3 is 2.81 bits per heavy atom. The Bertz CT molecular complexity index is 1010. The van der Waals surface area contributed by atoms with Gasteiger partial charge >= 0.3 is 0 Å². The van der Waals surface area contributed by atoms with Crippen LogP contribution in [0.2, 0.25) is 0 Å². The number of nitriles is 1. The lowest BCUT2D eigenvalue weighted by Gasteiger charge is -2.09. The number of amides is 1. The van der Waals surface area contributed by atoms with E-state index in [-0.39, 0.29) is 11.7 Å². The van der Waals surface area contributed by atoms with Crippen LogP contribution in [0.25, 0.3) is 11.4 Å². The summed E-state index contributed by atoms with van der Waals surface area (Å²) in [7, 11) is 0. The Hall–Kier alpha value is -3.18. The highest BCUT2D eigenvalue weighted by Gasteiger charge is 2.30. The topological polar surface area (TPSA) is 96.5 Å². The Kier molecular flexibility index (Phi) is 4.85. The smallest absolute Gasteiger partial charge is 0.234 e. The number of thioether (sulfide) groups is 1. The molecule has 0 bridgehead atoms. The second kappa shape index (κ2) is 7.60. The van der Waals surface area contributed by atoms with Crippen molar-refractivity contribution in [3.63, 3.8) is 0 Å². The number of hydrogen-bond acceptors (Lipinski definition) is 6. The molecule has 1 aliphatic carbocycles. The van der Waals surface area contributed by atoms with Crippen LogP contribution in [-0.2, 0) is 4.79 Å². The molecular formula is C19H16N6OS. The fourth-order valence-electron chi connectivity index (χ4n) is 2.73. The largest absolute Gasteiger partial charge is 0.325 e. The maximum atomic E-state index is 12.3. The predicted molar refractivity (Wildman–Crippen MR) is 102 cm³/mol. The summed E-state index contributed by atoms with van der Waals surface area (Å²) in [6.07, 6.45) is 5.65. The first-order chi connectivity index (χ1) is 13.2. The zero-order valence-corrected chi connectivity index (χ0v) is 15.2. The van der Waals surface area contributed by atoms with Crippen LogP contribution in [0.15, 0.2) is 53.9 Å². The molecule has 1 fully saturated rings. The van der Waals surface area contributed by atoms with E-state index in [2.05, 4.69) is 31.1 Å². The Morgan fingerprint density at radius 2 is 2.07 bits per heavy atom. The second-order valence-electron chi connectivity index (χ2n) is 6.17. The lowest BCUT2D eigenvalue weighted by atomic mass is 10.2. The van der Waals surface area contributed by atoms with Gasteiger partial charge in [0.05, 0.1) is 17.4 Å². The van der Waals surface area contributed by atoms with Crippen molar-refractivity contribution in [2.45, 2.75) is 24.0 Å². The molecule has 2 aromatic heterocycles. The molecule has 134 valence electrons. The van der Waals surface area contributed by atoms with E-state index in [1.165, 1.54) is 11.8 Å². The first-order valence-electron chi connectivity index (χ1n) is 8.52. The lowest BCUT2D eigenvalue weighted by Crippen LogP contribution is -2.14. The van der Waals surface area contributed by atoms with Crippen molar-refractivity contribution in [3.05, 3.63) is 54.4 Å². The van der Waals surface area contributed by atoms with Gasteiger partial charge in [0.15, 0.2) is 11.0 Å². The molecule has 1 amide bonds. The summed E-state index contributed by atoms with van der Waals surface area (Å²) in [6.45, 7) is 0. The number of carbonyl (C=O) groups is 1. The van der Waals surface area contributed by atoms with Crippen LogP contribution in [-0.4, -0.2) is 31.4 Å². The molecule has 0 aliphatic heterocycles. The van der Waals surface area contributed by atoms with E-state index < -0.39 is 0 Å². The van der Waals surface area contributed by atoms with Gasteiger partial charge in [0, 0.05) is 29.7 Å². The van der Waals surface area contributed by atoms with Crippen molar-refractivity contribution in [2.24, 2.45) is 0 Å². The number of carbonyl (C=O) groups excluding carboxylic acids is 1. The van der Waals surface area contributed by atoms with E-state index in [0.29, 0.717) is 17.3 Å². The average molecular weight is 376 g/mol. The lowest BCUT2D eigenvalue weighted by molar-refractivity contribution is -0.113. The molecule has 0 unspecified atom stereocenters. The number of nitrogens with one attached hydrogen (secondary N) is 1. The van der Waals surface area contributed by atoms with Crippen molar-refractivity contribution in [1.82, 2.24) is 19.7 Å². The van der Waals surface area contributed by atoms with Gasteiger partial charge in [-0.2, -0.15) is 5.26 Å². The monoisotopic (exact) mass is 376 g/mol. The standard InChI is InChI=1S/C19H16N6OS/c20-11-13-2-1-3-15(10-13)22-17(26)12-27-19-24-23-18(25(19)16-4-5-16)14-6-8-21-9-7-14/h1-3,6-10,16H,4-5,12H2,(H,22,26). The van der Waals surface area contributed by atoms with Gasteiger partial charge < -0.3 is 5.32 Å². The summed E-state index contributed by atoms with van der Waals surface area (Å²) in [5.41, 5.74) is 2.09. The number of pyridine rings is 1. The number of anilines is 1. The number of nitrogens with zero attached hydrogens (tertiary/aromatic N) is 5. The maximum absolute atomic E-state index is 12.3. The zero-order valence-electron chi connectivity index (χ0n) is 14.4. The number of hydrogen-bond donors (Lipinski definition) is 1. The maximum Gasteiger partial charge on any atom is 0.234 e. The first-order valence-corrected chi connectivity index (χ1v) is 9.51. The van der Waals surface area contributed by atoms with Crippen LogP contribution in [0.5, 0.6) is 0 Å². The quantitative estimate of drug-likeness (QED) is 0.663. The van der Waals surface area contributed by atoms with E-state index in [9.17, 15) is 4.79 Å². The SMILES string of the molecule is N#Cc1cccc(NC(=O)CSc2nnc(-c3ccncc3)n2C2CC2)c1. The van der Waals surface area contributed by atoms with Gasteiger partial charge in [-0.25, -0.2) is 0 Å². The summed E-state index contributed by atoms with van der Waals surface area (Å²) in [5, 5.41) is 21.1. The molecule has 7 nitrogen and oxygen atoms in total. The molecule has 27 heavy (non-hydrogen) atoms. The van der Waals surface area contributed by atoms with Crippen molar-refractivity contribution < 1.29 is 4.79 Å². The summed E-state index contributed by atoms with van der Waals surface area (Å²) in [4.78, 5) is 16.3. The molecule has 1 N–H and O–H groups in total. The molecule has 2 heterocycles. The first kappa shape index (κ1) is 17.2. The van der Waals surface area contributed by atoms with Gasteiger partial charge in [-0.15, -0.1) is 10.2 Å². The number of rotatable bonds is 6. The summed E-state index contributed by atoms with van der Waals surface area (Å²) in [6, 6.07) is 13.1. The molecule has 1 aliphatic rings. The van der Waals surface area contributed by atoms with Gasteiger partial charge in [-0.05, 0) is 43.2 Å². The Balaban J connectivity index is 1.46. The van der Waals surface area contributed by atoms with Crippen molar-refractivity contribution >= 4 is 23.4 Å². The van der Waals surface area contributed by atoms with Crippen LogP contribution in [0.4, 0.5) is 5.69 Å². The van der Waals surface area contributed by atoms with Gasteiger partial charge in [0.1, 0.15) is 0 Å². The van der Waals surface area contributed by atoms with E-state index in [4.69, 9.17) is 5.26 Å². The minimum atomic E-state index is -0.147. The fraction of sp³-hybridized carbons (Fsp3) is 0.211. The third-order valence-electron chi connectivity index (χ3n) is 4.12. The Morgan fingerprint density at radius 1 is 1.26 bits per heavy atom. The Labute approximate surface area is 160 Å². The van der Waals surface area contributed by atoms with Crippen molar-refractivity contribution in [2.75, 3.05) is 11.1 Å². The van der Waals surface area contributed by atoms with Crippen molar-refractivity contribution in [3.8, 4) is 17.5 Å². The van der Waals surface area contributed by atoms with E-state index in [1.54, 1.807) is 36.7 Å². The molecule has 0 atom stereocenters.